The van der Waals surface area contributed by atoms with E-state index in [0.29, 0.717) is 39.0 Å². The summed E-state index contributed by atoms with van der Waals surface area (Å²) in [5.74, 6) is 0.0532. The Morgan fingerprint density at radius 3 is 2.11 bits per heavy atom. The standard InChI is InChI=1S/C27H22ClN3O4S/c1-34-23-14-17-8-4-3-7-16(17)13-20(23)26(33)31-27(36)29-18-11-12-22(24(15-18)35-2)30-25(32)19-9-5-6-10-21(19)28/h3-15H,1-2H3,(H,30,32)(H2,29,31,33,36). The van der Waals surface area contributed by atoms with E-state index in [0.717, 1.165) is 10.8 Å². The van der Waals surface area contributed by atoms with Gasteiger partial charge in [0.2, 0.25) is 0 Å². The molecule has 0 aromatic heterocycles. The third kappa shape index (κ3) is 5.56. The Morgan fingerprint density at radius 2 is 1.42 bits per heavy atom. The molecule has 0 fully saturated rings. The van der Waals surface area contributed by atoms with Crippen molar-refractivity contribution in [2.45, 2.75) is 0 Å². The highest BCUT2D eigenvalue weighted by Gasteiger charge is 2.16. The van der Waals surface area contributed by atoms with E-state index >= 15 is 0 Å². The topological polar surface area (TPSA) is 88.7 Å². The number of carbonyl (C=O) groups excluding carboxylic acids is 2. The summed E-state index contributed by atoms with van der Waals surface area (Å²) in [5, 5.41) is 10.7. The summed E-state index contributed by atoms with van der Waals surface area (Å²) in [6.07, 6.45) is 0. The molecule has 0 saturated heterocycles. The molecule has 9 heteroatoms. The van der Waals surface area contributed by atoms with Crippen LogP contribution < -0.4 is 25.4 Å². The van der Waals surface area contributed by atoms with Crippen molar-refractivity contribution in [1.29, 1.82) is 0 Å². The fourth-order valence-electron chi connectivity index (χ4n) is 3.61. The number of nitrogens with one attached hydrogen (secondary N) is 3. The molecular formula is C27H22ClN3O4S. The van der Waals surface area contributed by atoms with E-state index in [4.69, 9.17) is 33.3 Å². The van der Waals surface area contributed by atoms with Gasteiger partial charge in [-0.1, -0.05) is 48.0 Å². The van der Waals surface area contributed by atoms with Gasteiger partial charge in [0.25, 0.3) is 11.8 Å². The maximum Gasteiger partial charge on any atom is 0.261 e. The molecule has 0 saturated carbocycles. The number of ether oxygens (including phenoxy) is 2. The van der Waals surface area contributed by atoms with E-state index < -0.39 is 5.91 Å². The summed E-state index contributed by atoms with van der Waals surface area (Å²) in [4.78, 5) is 25.5. The minimum absolute atomic E-state index is 0.0881. The van der Waals surface area contributed by atoms with Gasteiger partial charge in [-0.15, -0.1) is 0 Å². The molecule has 0 spiro atoms. The van der Waals surface area contributed by atoms with Gasteiger partial charge in [-0.2, -0.15) is 0 Å². The Bertz CT molecular complexity index is 1470. The van der Waals surface area contributed by atoms with Gasteiger partial charge in [-0.05, 0) is 59.4 Å². The lowest BCUT2D eigenvalue weighted by atomic mass is 10.1. The summed E-state index contributed by atoms with van der Waals surface area (Å²) in [7, 11) is 2.99. The molecule has 7 nitrogen and oxygen atoms in total. The fraction of sp³-hybridized carbons (Fsp3) is 0.0741. The van der Waals surface area contributed by atoms with E-state index in [1.165, 1.54) is 14.2 Å². The Kier molecular flexibility index (Phi) is 7.68. The van der Waals surface area contributed by atoms with E-state index in [9.17, 15) is 9.59 Å². The number of amides is 2. The van der Waals surface area contributed by atoms with E-state index in [1.807, 2.05) is 24.3 Å². The molecule has 4 aromatic carbocycles. The minimum Gasteiger partial charge on any atom is -0.496 e. The van der Waals surface area contributed by atoms with Crippen molar-refractivity contribution in [3.05, 3.63) is 95.0 Å². The highest BCUT2D eigenvalue weighted by atomic mass is 35.5. The number of halogens is 1. The summed E-state index contributed by atoms with van der Waals surface area (Å²) in [6, 6.07) is 23.0. The molecule has 182 valence electrons. The van der Waals surface area contributed by atoms with Gasteiger partial charge in [-0.3, -0.25) is 14.9 Å². The highest BCUT2D eigenvalue weighted by molar-refractivity contribution is 7.80. The molecule has 0 heterocycles. The number of hydrogen-bond donors (Lipinski definition) is 3. The van der Waals surface area contributed by atoms with Crippen molar-refractivity contribution in [2.75, 3.05) is 24.9 Å². The Morgan fingerprint density at radius 1 is 0.750 bits per heavy atom. The zero-order valence-electron chi connectivity index (χ0n) is 19.4. The fourth-order valence-corrected chi connectivity index (χ4v) is 4.04. The summed E-state index contributed by atoms with van der Waals surface area (Å²) < 4.78 is 10.8. The predicted molar refractivity (Wildman–Crippen MR) is 147 cm³/mol. The zero-order valence-corrected chi connectivity index (χ0v) is 21.0. The van der Waals surface area contributed by atoms with Crippen LogP contribution in [0, 0.1) is 0 Å². The van der Waals surface area contributed by atoms with Crippen LogP contribution in [0.2, 0.25) is 5.02 Å². The SMILES string of the molecule is COc1cc(NC(=S)NC(=O)c2cc3ccccc3cc2OC)ccc1NC(=O)c1ccccc1Cl. The monoisotopic (exact) mass is 519 g/mol. The van der Waals surface area contributed by atoms with Crippen LogP contribution in [-0.2, 0) is 0 Å². The van der Waals surface area contributed by atoms with Gasteiger partial charge >= 0.3 is 0 Å². The molecule has 2 amide bonds. The van der Waals surface area contributed by atoms with Gasteiger partial charge in [-0.25, -0.2) is 0 Å². The number of carbonyl (C=O) groups is 2. The lowest BCUT2D eigenvalue weighted by Crippen LogP contribution is -2.34. The first-order valence-corrected chi connectivity index (χ1v) is 11.6. The molecule has 4 aromatic rings. The molecule has 0 aliphatic rings. The van der Waals surface area contributed by atoms with Crippen LogP contribution in [0.1, 0.15) is 20.7 Å². The highest BCUT2D eigenvalue weighted by Crippen LogP contribution is 2.29. The summed E-state index contributed by atoms with van der Waals surface area (Å²) in [5.41, 5.74) is 1.70. The average molecular weight is 520 g/mol. The maximum atomic E-state index is 12.9. The van der Waals surface area contributed by atoms with Crippen molar-refractivity contribution in [2.24, 2.45) is 0 Å². The van der Waals surface area contributed by atoms with E-state index in [1.54, 1.807) is 54.6 Å². The molecular weight excluding hydrogens is 498 g/mol. The van der Waals surface area contributed by atoms with Gasteiger partial charge in [0.05, 0.1) is 36.1 Å². The molecule has 0 bridgehead atoms. The molecule has 0 unspecified atom stereocenters. The minimum atomic E-state index is -0.411. The summed E-state index contributed by atoms with van der Waals surface area (Å²) >= 11 is 11.5. The van der Waals surface area contributed by atoms with Crippen molar-refractivity contribution >= 4 is 62.9 Å². The first kappa shape index (κ1) is 25.0. The van der Waals surface area contributed by atoms with E-state index in [2.05, 4.69) is 16.0 Å². The van der Waals surface area contributed by atoms with Crippen molar-refractivity contribution in [3.63, 3.8) is 0 Å². The molecule has 0 atom stereocenters. The zero-order chi connectivity index (χ0) is 25.7. The maximum absolute atomic E-state index is 12.9. The second-order valence-electron chi connectivity index (χ2n) is 7.66. The van der Waals surface area contributed by atoms with Crippen LogP contribution >= 0.6 is 23.8 Å². The second-order valence-corrected chi connectivity index (χ2v) is 8.47. The van der Waals surface area contributed by atoms with Crippen molar-refractivity contribution in [1.82, 2.24) is 5.32 Å². The Balaban J connectivity index is 1.46. The first-order valence-electron chi connectivity index (χ1n) is 10.8. The van der Waals surface area contributed by atoms with Gasteiger partial charge in [0.1, 0.15) is 11.5 Å². The van der Waals surface area contributed by atoms with Crippen LogP contribution in [0.15, 0.2) is 78.9 Å². The number of fused-ring (bicyclic) bond motifs is 1. The molecule has 36 heavy (non-hydrogen) atoms. The van der Waals surface area contributed by atoms with Crippen LogP contribution in [0.3, 0.4) is 0 Å². The Hall–Kier alpha value is -4.14. The third-order valence-corrected chi connectivity index (χ3v) is 5.90. The number of methoxy groups -OCH3 is 2. The molecule has 4 rings (SSSR count). The summed E-state index contributed by atoms with van der Waals surface area (Å²) in [6.45, 7) is 0. The molecule has 3 N–H and O–H groups in total. The van der Waals surface area contributed by atoms with Crippen LogP contribution in [0.25, 0.3) is 10.8 Å². The van der Waals surface area contributed by atoms with Gasteiger partial charge < -0.3 is 20.1 Å². The second kappa shape index (κ2) is 11.1. The van der Waals surface area contributed by atoms with E-state index in [-0.39, 0.29) is 11.0 Å². The largest absolute Gasteiger partial charge is 0.496 e. The molecule has 0 aliphatic carbocycles. The van der Waals surface area contributed by atoms with Crippen LogP contribution in [0.5, 0.6) is 11.5 Å². The first-order chi connectivity index (χ1) is 17.4. The van der Waals surface area contributed by atoms with Crippen molar-refractivity contribution in [3.8, 4) is 11.5 Å². The predicted octanol–water partition coefficient (Wildman–Crippen LogP) is 5.89. The number of rotatable bonds is 6. The molecule has 0 aliphatic heterocycles. The number of anilines is 2. The average Bonchev–Trinajstić information content (AvgIpc) is 2.88. The smallest absolute Gasteiger partial charge is 0.261 e. The van der Waals surface area contributed by atoms with Gasteiger partial charge in [0.15, 0.2) is 5.11 Å². The normalized spacial score (nSPS) is 10.4. The van der Waals surface area contributed by atoms with Gasteiger partial charge in [0, 0.05) is 11.8 Å². The number of thiocarbonyl (C=S) groups is 1. The number of benzene rings is 4. The lowest BCUT2D eigenvalue weighted by molar-refractivity contribution is 0.0973. The van der Waals surface area contributed by atoms with Crippen LogP contribution in [-0.4, -0.2) is 31.1 Å². The lowest BCUT2D eigenvalue weighted by Gasteiger charge is -2.15. The molecule has 0 radical (unpaired) electrons. The number of hydrogen-bond acceptors (Lipinski definition) is 5. The van der Waals surface area contributed by atoms with Crippen LogP contribution in [0.4, 0.5) is 11.4 Å². The Labute approximate surface area is 218 Å². The quantitative estimate of drug-likeness (QED) is 0.275. The van der Waals surface area contributed by atoms with Crippen molar-refractivity contribution < 1.29 is 19.1 Å². The third-order valence-electron chi connectivity index (χ3n) is 5.37.